The Labute approximate surface area is 155 Å². The van der Waals surface area contributed by atoms with Crippen LogP contribution in [-0.4, -0.2) is 27.9 Å². The van der Waals surface area contributed by atoms with Crippen molar-refractivity contribution in [3.8, 4) is 0 Å². The van der Waals surface area contributed by atoms with Gasteiger partial charge in [-0.15, -0.1) is 0 Å². The second-order valence-corrected chi connectivity index (χ2v) is 5.79. The third kappa shape index (κ3) is 4.12. The monoisotopic (exact) mass is 365 g/mol. The molecule has 0 fully saturated rings. The fourth-order valence-corrected chi connectivity index (χ4v) is 2.51. The molecule has 0 bridgehead atoms. The molecule has 1 aromatic carbocycles. The number of rotatable bonds is 5. The van der Waals surface area contributed by atoms with Crippen LogP contribution in [0.25, 0.3) is 5.65 Å². The molecule has 3 rings (SSSR count). The van der Waals surface area contributed by atoms with Crippen LogP contribution in [0, 0.1) is 0 Å². The van der Waals surface area contributed by atoms with Crippen molar-refractivity contribution in [3.63, 3.8) is 0 Å². The van der Waals surface area contributed by atoms with Gasteiger partial charge in [0.1, 0.15) is 5.69 Å². The zero-order valence-electron chi connectivity index (χ0n) is 14.7. The van der Waals surface area contributed by atoms with E-state index in [0.29, 0.717) is 17.8 Å². The summed E-state index contributed by atoms with van der Waals surface area (Å²) in [7, 11) is 0. The number of hydrogen-bond donors (Lipinski definition) is 3. The van der Waals surface area contributed by atoms with Crippen molar-refractivity contribution in [3.05, 3.63) is 70.8 Å². The van der Waals surface area contributed by atoms with Crippen LogP contribution in [0.5, 0.6) is 0 Å². The van der Waals surface area contributed by atoms with Gasteiger partial charge >= 0.3 is 6.03 Å². The fraction of sp³-hybridized carbons (Fsp3) is 0.158. The lowest BCUT2D eigenvalue weighted by atomic mass is 10.2. The maximum Gasteiger partial charge on any atom is 0.323 e. The van der Waals surface area contributed by atoms with Gasteiger partial charge in [-0.3, -0.25) is 14.0 Å². The van der Waals surface area contributed by atoms with Crippen LogP contribution < -0.4 is 21.5 Å². The summed E-state index contributed by atoms with van der Waals surface area (Å²) in [6.45, 7) is 2.48. The van der Waals surface area contributed by atoms with E-state index in [1.165, 1.54) is 16.8 Å². The number of benzene rings is 1. The number of carbonyl (C=O) groups is 2. The lowest BCUT2D eigenvalue weighted by Crippen LogP contribution is -2.28. The molecule has 0 aliphatic heterocycles. The molecule has 0 spiro atoms. The van der Waals surface area contributed by atoms with Gasteiger partial charge in [-0.2, -0.15) is 0 Å². The standard InChI is InChI=1S/C19H19N5O3/c1-2-10-20-17(25)14-9-6-11-24-16(14)21-12-15(18(24)26)23-19(27)22-13-7-4-3-5-8-13/h3-9,11-12H,2,10H2,1H3,(H,20,25)(H2,22,23,27). The summed E-state index contributed by atoms with van der Waals surface area (Å²) in [5, 5.41) is 7.88. The van der Waals surface area contributed by atoms with E-state index in [-0.39, 0.29) is 17.2 Å². The minimum absolute atomic E-state index is 0.00653. The van der Waals surface area contributed by atoms with Crippen molar-refractivity contribution in [2.24, 2.45) is 0 Å². The molecule has 0 aliphatic carbocycles. The number of nitrogens with one attached hydrogen (secondary N) is 3. The highest BCUT2D eigenvalue weighted by molar-refractivity contribution is 6.01. The van der Waals surface area contributed by atoms with Crippen molar-refractivity contribution in [2.45, 2.75) is 13.3 Å². The van der Waals surface area contributed by atoms with E-state index in [1.54, 1.807) is 36.4 Å². The molecule has 3 amide bonds. The first-order chi connectivity index (χ1) is 13.1. The van der Waals surface area contributed by atoms with Gasteiger partial charge in [0.15, 0.2) is 5.65 Å². The molecular formula is C19H19N5O3. The second kappa shape index (κ2) is 8.13. The van der Waals surface area contributed by atoms with E-state index in [1.807, 2.05) is 13.0 Å². The molecule has 138 valence electrons. The number of pyridine rings is 1. The molecule has 0 aliphatic rings. The van der Waals surface area contributed by atoms with Crippen LogP contribution in [0.3, 0.4) is 0 Å². The van der Waals surface area contributed by atoms with E-state index >= 15 is 0 Å². The number of aromatic nitrogens is 2. The number of para-hydroxylation sites is 1. The molecule has 2 aromatic heterocycles. The van der Waals surface area contributed by atoms with Crippen molar-refractivity contribution < 1.29 is 9.59 Å². The largest absolute Gasteiger partial charge is 0.352 e. The maximum atomic E-state index is 12.7. The molecule has 0 saturated carbocycles. The Hall–Kier alpha value is -3.68. The number of amides is 3. The normalized spacial score (nSPS) is 10.4. The number of carbonyl (C=O) groups excluding carboxylic acids is 2. The third-order valence-electron chi connectivity index (χ3n) is 3.79. The van der Waals surface area contributed by atoms with Crippen LogP contribution >= 0.6 is 0 Å². The Bertz CT molecular complexity index is 1030. The average molecular weight is 365 g/mol. The fourth-order valence-electron chi connectivity index (χ4n) is 2.51. The van der Waals surface area contributed by atoms with E-state index in [2.05, 4.69) is 20.9 Å². The highest BCUT2D eigenvalue weighted by atomic mass is 16.2. The Morgan fingerprint density at radius 3 is 2.59 bits per heavy atom. The quantitative estimate of drug-likeness (QED) is 0.646. The number of urea groups is 1. The summed E-state index contributed by atoms with van der Waals surface area (Å²) < 4.78 is 1.24. The SMILES string of the molecule is CCCNC(=O)c1cccn2c(=O)c(NC(=O)Nc3ccccc3)cnc12. The van der Waals surface area contributed by atoms with E-state index in [9.17, 15) is 14.4 Å². The minimum Gasteiger partial charge on any atom is -0.352 e. The molecule has 3 aromatic rings. The molecule has 0 atom stereocenters. The van der Waals surface area contributed by atoms with Crippen LogP contribution in [0.1, 0.15) is 23.7 Å². The van der Waals surface area contributed by atoms with E-state index < -0.39 is 11.6 Å². The molecule has 2 heterocycles. The lowest BCUT2D eigenvalue weighted by molar-refractivity contribution is 0.0954. The highest BCUT2D eigenvalue weighted by Gasteiger charge is 2.14. The Balaban J connectivity index is 1.86. The summed E-state index contributed by atoms with van der Waals surface area (Å²) in [5.41, 5.74) is 0.646. The average Bonchev–Trinajstić information content (AvgIpc) is 2.68. The van der Waals surface area contributed by atoms with E-state index in [4.69, 9.17) is 0 Å². The Morgan fingerprint density at radius 2 is 1.85 bits per heavy atom. The summed E-state index contributed by atoms with van der Waals surface area (Å²) >= 11 is 0. The summed E-state index contributed by atoms with van der Waals surface area (Å²) in [6, 6.07) is 11.5. The predicted octanol–water partition coefficient (Wildman–Crippen LogP) is 2.48. The highest BCUT2D eigenvalue weighted by Crippen LogP contribution is 2.10. The molecular weight excluding hydrogens is 346 g/mol. The Morgan fingerprint density at radius 1 is 1.07 bits per heavy atom. The number of fused-ring (bicyclic) bond motifs is 1. The first-order valence-electron chi connectivity index (χ1n) is 8.51. The number of hydrogen-bond acceptors (Lipinski definition) is 4. The molecule has 3 N–H and O–H groups in total. The lowest BCUT2D eigenvalue weighted by Gasteiger charge is -2.10. The first-order valence-corrected chi connectivity index (χ1v) is 8.51. The number of nitrogens with zero attached hydrogens (tertiary/aromatic N) is 2. The summed E-state index contributed by atoms with van der Waals surface area (Å²) in [5.74, 6) is -0.302. The van der Waals surface area contributed by atoms with Crippen molar-refractivity contribution >= 4 is 29.0 Å². The molecule has 27 heavy (non-hydrogen) atoms. The summed E-state index contributed by atoms with van der Waals surface area (Å²) in [6.07, 6.45) is 3.55. The minimum atomic E-state index is -0.558. The molecule has 8 heteroatoms. The van der Waals surface area contributed by atoms with Crippen molar-refractivity contribution in [1.82, 2.24) is 14.7 Å². The number of anilines is 2. The smallest absolute Gasteiger partial charge is 0.323 e. The van der Waals surface area contributed by atoms with Crippen molar-refractivity contribution in [1.29, 1.82) is 0 Å². The summed E-state index contributed by atoms with van der Waals surface area (Å²) in [4.78, 5) is 41.2. The molecule has 0 radical (unpaired) electrons. The van der Waals surface area contributed by atoms with Crippen LogP contribution in [-0.2, 0) is 0 Å². The maximum absolute atomic E-state index is 12.7. The third-order valence-corrected chi connectivity index (χ3v) is 3.79. The van der Waals surface area contributed by atoms with Gasteiger partial charge in [0.25, 0.3) is 11.5 Å². The first kappa shape index (κ1) is 18.1. The van der Waals surface area contributed by atoms with Gasteiger partial charge in [-0.25, -0.2) is 9.78 Å². The van der Waals surface area contributed by atoms with Gasteiger partial charge in [-0.1, -0.05) is 25.1 Å². The van der Waals surface area contributed by atoms with Crippen LogP contribution in [0.15, 0.2) is 59.7 Å². The zero-order valence-corrected chi connectivity index (χ0v) is 14.7. The Kier molecular flexibility index (Phi) is 5.46. The topological polar surface area (TPSA) is 105 Å². The molecule has 0 saturated heterocycles. The molecule has 0 unspecified atom stereocenters. The van der Waals surface area contributed by atoms with Gasteiger partial charge < -0.3 is 16.0 Å². The van der Waals surface area contributed by atoms with Gasteiger partial charge in [0.2, 0.25) is 0 Å². The van der Waals surface area contributed by atoms with Crippen LogP contribution in [0.2, 0.25) is 0 Å². The zero-order chi connectivity index (χ0) is 19.2. The van der Waals surface area contributed by atoms with Crippen molar-refractivity contribution in [2.75, 3.05) is 17.2 Å². The van der Waals surface area contributed by atoms with Crippen LogP contribution in [0.4, 0.5) is 16.2 Å². The van der Waals surface area contributed by atoms with E-state index in [0.717, 1.165) is 6.42 Å². The van der Waals surface area contributed by atoms with Gasteiger partial charge in [0.05, 0.1) is 11.8 Å². The predicted molar refractivity (Wildman–Crippen MR) is 103 cm³/mol. The second-order valence-electron chi connectivity index (χ2n) is 5.79. The van der Waals surface area contributed by atoms with Gasteiger partial charge in [-0.05, 0) is 30.7 Å². The van der Waals surface area contributed by atoms with Gasteiger partial charge in [0, 0.05) is 18.4 Å². The molecule has 8 nitrogen and oxygen atoms in total.